The predicted molar refractivity (Wildman–Crippen MR) is 67.5 cm³/mol. The van der Waals surface area contributed by atoms with Crippen LogP contribution < -0.4 is 17.2 Å². The molecule has 0 aromatic carbocycles. The number of thioether (sulfide) groups is 1. The Kier molecular flexibility index (Phi) is 12.7. The number of carbonyl (C=O) groups excluding carboxylic acids is 1. The molecular formula is C9H21N3O4S. The second-order valence-corrected chi connectivity index (χ2v) is 4.32. The Labute approximate surface area is 105 Å². The molecule has 0 fully saturated rings. The molecule has 0 spiro atoms. The number of nitrogens with two attached hydrogens (primary N) is 3. The number of aliphatic hydroxyl groups excluding tert-OH is 1. The van der Waals surface area contributed by atoms with Crippen LogP contribution in [0.15, 0.2) is 0 Å². The van der Waals surface area contributed by atoms with Crippen molar-refractivity contribution >= 4 is 23.6 Å². The molecule has 0 unspecified atom stereocenters. The van der Waals surface area contributed by atoms with Crippen molar-refractivity contribution in [3.8, 4) is 0 Å². The van der Waals surface area contributed by atoms with Gasteiger partial charge in [-0.25, -0.2) is 0 Å². The maximum Gasteiger partial charge on any atom is 0.320 e. The summed E-state index contributed by atoms with van der Waals surface area (Å²) in [5.74, 6) is -0.580. The summed E-state index contributed by atoms with van der Waals surface area (Å²) in [6.07, 6.45) is 2.53. The number of carboxylic acid groups (broad SMARTS) is 1. The van der Waals surface area contributed by atoms with E-state index < -0.39 is 24.0 Å². The van der Waals surface area contributed by atoms with Gasteiger partial charge in [0, 0.05) is 12.5 Å². The molecule has 0 aliphatic carbocycles. The summed E-state index contributed by atoms with van der Waals surface area (Å²) < 4.78 is 0. The number of hydrogen-bond donors (Lipinski definition) is 5. The molecule has 17 heavy (non-hydrogen) atoms. The fourth-order valence-electron chi connectivity index (χ4n) is 0.691. The summed E-state index contributed by atoms with van der Waals surface area (Å²) >= 11 is 1.60. The number of hydrogen-bond acceptors (Lipinski definition) is 6. The summed E-state index contributed by atoms with van der Waals surface area (Å²) in [5, 5.41) is 16.5. The molecule has 0 aliphatic heterocycles. The van der Waals surface area contributed by atoms with Crippen molar-refractivity contribution < 1.29 is 19.8 Å². The van der Waals surface area contributed by atoms with Gasteiger partial charge in [-0.15, -0.1) is 0 Å². The monoisotopic (exact) mass is 267 g/mol. The van der Waals surface area contributed by atoms with E-state index in [1.54, 1.807) is 11.8 Å². The van der Waals surface area contributed by atoms with Gasteiger partial charge in [-0.1, -0.05) is 0 Å². The zero-order valence-corrected chi connectivity index (χ0v) is 10.7. The molecule has 102 valence electrons. The highest BCUT2D eigenvalue weighted by Crippen LogP contribution is 1.97. The topological polar surface area (TPSA) is 153 Å². The van der Waals surface area contributed by atoms with Crippen LogP contribution in [-0.2, 0) is 9.59 Å². The first-order valence-electron chi connectivity index (χ1n) is 4.97. The lowest BCUT2D eigenvalue weighted by atomic mass is 10.2. The third-order valence-corrected chi connectivity index (χ3v) is 2.29. The Hall–Kier alpha value is -0.830. The van der Waals surface area contributed by atoms with Crippen LogP contribution in [0.1, 0.15) is 12.8 Å². The fraction of sp³-hybridized carbons (Fsp3) is 0.778. The minimum atomic E-state index is -0.913. The quantitative estimate of drug-likeness (QED) is 0.369. The lowest BCUT2D eigenvalue weighted by Crippen LogP contribution is -2.30. The zero-order chi connectivity index (χ0) is 13.8. The Morgan fingerprint density at radius 3 is 2.12 bits per heavy atom. The Bertz CT molecular complexity index is 228. The molecule has 8 N–H and O–H groups in total. The molecule has 0 saturated heterocycles. The fourth-order valence-corrected chi connectivity index (χ4v) is 1.18. The minimum absolute atomic E-state index is 0.0521. The van der Waals surface area contributed by atoms with Gasteiger partial charge in [0.1, 0.15) is 6.04 Å². The Morgan fingerprint density at radius 1 is 1.35 bits per heavy atom. The van der Waals surface area contributed by atoms with Gasteiger partial charge >= 0.3 is 5.97 Å². The van der Waals surface area contributed by atoms with E-state index in [4.69, 9.17) is 27.4 Å². The van der Waals surface area contributed by atoms with E-state index in [0.717, 1.165) is 5.75 Å². The minimum Gasteiger partial charge on any atom is -0.480 e. The van der Waals surface area contributed by atoms with E-state index in [1.807, 2.05) is 6.26 Å². The standard InChI is InChI=1S/C5H11NO2S.C4H10N2O2/c1-9-3-2-4(6)5(7)8;5-3(2-7)1-4(6)8/h4H,2-3,6H2,1H3,(H,7,8);3,7H,1-2,5H2,(H2,6,8)/t4-;3-/m00/s1. The largest absolute Gasteiger partial charge is 0.480 e. The summed E-state index contributed by atoms with van der Waals surface area (Å²) in [7, 11) is 0. The van der Waals surface area contributed by atoms with Crippen molar-refractivity contribution in [1.29, 1.82) is 0 Å². The van der Waals surface area contributed by atoms with Gasteiger partial charge in [0.2, 0.25) is 5.91 Å². The maximum atomic E-state index is 10.1. The molecule has 0 aliphatic rings. The number of aliphatic carboxylic acids is 1. The molecule has 0 saturated carbocycles. The van der Waals surface area contributed by atoms with Crippen LogP contribution in [-0.4, -0.2) is 52.8 Å². The number of primary amides is 1. The third kappa shape index (κ3) is 15.2. The molecule has 2 atom stereocenters. The molecule has 0 aromatic rings. The Morgan fingerprint density at radius 2 is 1.88 bits per heavy atom. The van der Waals surface area contributed by atoms with Gasteiger partial charge in [0.15, 0.2) is 0 Å². The van der Waals surface area contributed by atoms with Crippen molar-refractivity contribution in [3.63, 3.8) is 0 Å². The first-order valence-corrected chi connectivity index (χ1v) is 6.36. The van der Waals surface area contributed by atoms with Crippen LogP contribution in [0.25, 0.3) is 0 Å². The Balaban J connectivity index is 0. The molecular weight excluding hydrogens is 246 g/mol. The smallest absolute Gasteiger partial charge is 0.320 e. The van der Waals surface area contributed by atoms with Crippen LogP contribution in [0, 0.1) is 0 Å². The van der Waals surface area contributed by atoms with Gasteiger partial charge in [0.25, 0.3) is 0 Å². The second kappa shape index (κ2) is 11.6. The van der Waals surface area contributed by atoms with Gasteiger partial charge in [-0.05, 0) is 18.4 Å². The maximum absolute atomic E-state index is 10.1. The van der Waals surface area contributed by atoms with Gasteiger partial charge < -0.3 is 27.4 Å². The van der Waals surface area contributed by atoms with Crippen molar-refractivity contribution in [2.45, 2.75) is 24.9 Å². The van der Waals surface area contributed by atoms with Crippen LogP contribution in [0.3, 0.4) is 0 Å². The molecule has 0 rings (SSSR count). The molecule has 0 aromatic heterocycles. The van der Waals surface area contributed by atoms with E-state index in [1.165, 1.54) is 0 Å². The van der Waals surface area contributed by atoms with E-state index >= 15 is 0 Å². The lowest BCUT2D eigenvalue weighted by Gasteiger charge is -2.02. The van der Waals surface area contributed by atoms with Crippen molar-refractivity contribution in [2.75, 3.05) is 18.6 Å². The molecule has 0 heterocycles. The molecule has 8 heteroatoms. The molecule has 1 amide bonds. The van der Waals surface area contributed by atoms with E-state index in [2.05, 4.69) is 0 Å². The summed E-state index contributed by atoms with van der Waals surface area (Å²) in [4.78, 5) is 20.1. The van der Waals surface area contributed by atoms with Crippen molar-refractivity contribution in [3.05, 3.63) is 0 Å². The zero-order valence-electron chi connectivity index (χ0n) is 9.83. The van der Waals surface area contributed by atoms with Crippen LogP contribution >= 0.6 is 11.8 Å². The summed E-state index contributed by atoms with van der Waals surface area (Å²) in [6, 6.07) is -1.18. The number of carbonyl (C=O) groups is 2. The normalized spacial score (nSPS) is 13.2. The highest BCUT2D eigenvalue weighted by molar-refractivity contribution is 7.98. The highest BCUT2D eigenvalue weighted by Gasteiger charge is 2.08. The first-order chi connectivity index (χ1) is 7.84. The number of amides is 1. The SMILES string of the molecule is CSCC[C@H](N)C(=O)O.NC(=O)C[C@H](N)CO. The number of carboxylic acids is 1. The van der Waals surface area contributed by atoms with Crippen LogP contribution in [0.2, 0.25) is 0 Å². The summed E-state index contributed by atoms with van der Waals surface area (Å²) in [5.41, 5.74) is 15.1. The predicted octanol–water partition coefficient (Wildman–Crippen LogP) is -1.67. The average Bonchev–Trinajstić information content (AvgIpc) is 2.25. The average molecular weight is 267 g/mol. The molecule has 0 radical (unpaired) electrons. The van der Waals surface area contributed by atoms with E-state index in [9.17, 15) is 9.59 Å². The van der Waals surface area contributed by atoms with Crippen LogP contribution in [0.5, 0.6) is 0 Å². The second-order valence-electron chi connectivity index (χ2n) is 3.34. The van der Waals surface area contributed by atoms with Crippen molar-refractivity contribution in [2.24, 2.45) is 17.2 Å². The highest BCUT2D eigenvalue weighted by atomic mass is 32.2. The molecule has 0 bridgehead atoms. The third-order valence-electron chi connectivity index (χ3n) is 1.65. The first kappa shape index (κ1) is 18.5. The van der Waals surface area contributed by atoms with Gasteiger partial charge in [-0.2, -0.15) is 11.8 Å². The van der Waals surface area contributed by atoms with Crippen molar-refractivity contribution in [1.82, 2.24) is 0 Å². The van der Waals surface area contributed by atoms with Gasteiger partial charge in [0.05, 0.1) is 6.61 Å². The molecule has 7 nitrogen and oxygen atoms in total. The number of aliphatic hydroxyl groups is 1. The summed E-state index contributed by atoms with van der Waals surface area (Å²) in [6.45, 7) is -0.192. The number of rotatable bonds is 7. The van der Waals surface area contributed by atoms with E-state index in [0.29, 0.717) is 6.42 Å². The van der Waals surface area contributed by atoms with E-state index in [-0.39, 0.29) is 13.0 Å². The van der Waals surface area contributed by atoms with Crippen LogP contribution in [0.4, 0.5) is 0 Å². The van der Waals surface area contributed by atoms with Gasteiger partial charge in [-0.3, -0.25) is 9.59 Å². The lowest BCUT2D eigenvalue weighted by molar-refractivity contribution is -0.138.